The van der Waals surface area contributed by atoms with E-state index in [9.17, 15) is 0 Å². The largest absolute Gasteiger partial charge is 0.378 e. The van der Waals surface area contributed by atoms with Gasteiger partial charge in [-0.2, -0.15) is 0 Å². The van der Waals surface area contributed by atoms with E-state index in [2.05, 4.69) is 23.7 Å². The van der Waals surface area contributed by atoms with E-state index in [4.69, 9.17) is 4.74 Å². The van der Waals surface area contributed by atoms with Crippen molar-refractivity contribution in [3.8, 4) is 0 Å². The summed E-state index contributed by atoms with van der Waals surface area (Å²) in [5.41, 5.74) is 1.57. The summed E-state index contributed by atoms with van der Waals surface area (Å²) in [7, 11) is 0. The van der Waals surface area contributed by atoms with Gasteiger partial charge in [-0.25, -0.2) is 0 Å². The fourth-order valence-electron chi connectivity index (χ4n) is 3.37. The number of hydrogen-bond donors (Lipinski definition) is 1. The van der Waals surface area contributed by atoms with Crippen LogP contribution in [0.4, 0.5) is 0 Å². The second kappa shape index (κ2) is 5.72. The fourth-order valence-corrected chi connectivity index (χ4v) is 4.36. The van der Waals surface area contributed by atoms with E-state index in [1.165, 1.54) is 25.7 Å². The minimum absolute atomic E-state index is 0.489. The Labute approximate surface area is 114 Å². The maximum Gasteiger partial charge on any atom is 0.0613 e. The van der Waals surface area contributed by atoms with Crippen LogP contribution in [0.25, 0.3) is 0 Å². The number of thiophene rings is 1. The first-order valence-electron chi connectivity index (χ1n) is 7.29. The van der Waals surface area contributed by atoms with Gasteiger partial charge in [0.15, 0.2) is 0 Å². The van der Waals surface area contributed by atoms with Crippen molar-refractivity contribution in [2.24, 2.45) is 5.92 Å². The zero-order valence-corrected chi connectivity index (χ0v) is 12.0. The van der Waals surface area contributed by atoms with Crippen molar-refractivity contribution in [1.82, 2.24) is 5.32 Å². The number of nitrogens with one attached hydrogen (secondary N) is 1. The molecule has 3 rings (SSSR count). The Kier molecular flexibility index (Phi) is 4.02. The summed E-state index contributed by atoms with van der Waals surface area (Å²) in [6, 6.07) is 2.91. The molecule has 0 aromatic carbocycles. The maximum atomic E-state index is 5.77. The molecule has 1 aliphatic heterocycles. The van der Waals surface area contributed by atoms with Crippen LogP contribution < -0.4 is 5.32 Å². The highest BCUT2D eigenvalue weighted by molar-refractivity contribution is 7.10. The third kappa shape index (κ3) is 2.49. The van der Waals surface area contributed by atoms with Crippen molar-refractivity contribution in [2.75, 3.05) is 13.2 Å². The summed E-state index contributed by atoms with van der Waals surface area (Å²) >= 11 is 1.93. The van der Waals surface area contributed by atoms with Gasteiger partial charge in [-0.3, -0.25) is 0 Å². The summed E-state index contributed by atoms with van der Waals surface area (Å²) in [6.45, 7) is 4.32. The van der Waals surface area contributed by atoms with Gasteiger partial charge in [0.25, 0.3) is 0 Å². The molecular weight excluding hydrogens is 242 g/mol. The standard InChI is InChI=1S/C15H23NOS/c1-2-14-11(6-8-17-14)10-16-13-4-3-5-15-12(13)7-9-18-15/h7,9,11,13-14,16H,2-6,8,10H2,1H3. The summed E-state index contributed by atoms with van der Waals surface area (Å²) in [4.78, 5) is 1.61. The van der Waals surface area contributed by atoms with Gasteiger partial charge in [-0.1, -0.05) is 6.92 Å². The van der Waals surface area contributed by atoms with Crippen molar-refractivity contribution >= 4 is 11.3 Å². The molecule has 3 unspecified atom stereocenters. The van der Waals surface area contributed by atoms with Gasteiger partial charge in [0.05, 0.1) is 6.10 Å². The summed E-state index contributed by atoms with van der Waals surface area (Å²) in [5.74, 6) is 0.721. The van der Waals surface area contributed by atoms with Crippen molar-refractivity contribution < 1.29 is 4.74 Å². The third-order valence-corrected chi connectivity index (χ3v) is 5.42. The van der Waals surface area contributed by atoms with Crippen LogP contribution in [-0.4, -0.2) is 19.3 Å². The molecule has 3 heteroatoms. The van der Waals surface area contributed by atoms with E-state index < -0.39 is 0 Å². The van der Waals surface area contributed by atoms with Crippen LogP contribution in [0.15, 0.2) is 11.4 Å². The lowest BCUT2D eigenvalue weighted by Gasteiger charge is -2.26. The van der Waals surface area contributed by atoms with Gasteiger partial charge in [0, 0.05) is 24.1 Å². The molecule has 0 bridgehead atoms. The van der Waals surface area contributed by atoms with Crippen molar-refractivity contribution in [2.45, 2.75) is 51.2 Å². The SMILES string of the molecule is CCC1OCCC1CNC1CCCc2sccc21. The van der Waals surface area contributed by atoms with Crippen molar-refractivity contribution in [1.29, 1.82) is 0 Å². The summed E-state index contributed by atoms with van der Waals surface area (Å²) < 4.78 is 5.77. The lowest BCUT2D eigenvalue weighted by Crippen LogP contribution is -2.32. The van der Waals surface area contributed by atoms with Crippen molar-refractivity contribution in [3.05, 3.63) is 21.9 Å². The molecule has 2 heterocycles. The second-order valence-electron chi connectivity index (χ2n) is 5.52. The van der Waals surface area contributed by atoms with Gasteiger partial charge < -0.3 is 10.1 Å². The third-order valence-electron chi connectivity index (χ3n) is 4.43. The lowest BCUT2D eigenvalue weighted by atomic mass is 9.92. The Balaban J connectivity index is 1.58. The fraction of sp³-hybridized carbons (Fsp3) is 0.733. The minimum atomic E-state index is 0.489. The first kappa shape index (κ1) is 12.6. The lowest BCUT2D eigenvalue weighted by molar-refractivity contribution is 0.0864. The minimum Gasteiger partial charge on any atom is -0.378 e. The molecule has 1 fully saturated rings. The number of aryl methyl sites for hydroxylation is 1. The molecule has 0 radical (unpaired) electrons. The van der Waals surface area contributed by atoms with E-state index in [-0.39, 0.29) is 0 Å². The Hall–Kier alpha value is -0.380. The predicted molar refractivity (Wildman–Crippen MR) is 76.1 cm³/mol. The summed E-state index contributed by atoms with van der Waals surface area (Å²) in [6.07, 6.45) is 6.80. The molecule has 18 heavy (non-hydrogen) atoms. The van der Waals surface area contributed by atoms with Gasteiger partial charge in [-0.15, -0.1) is 11.3 Å². The summed E-state index contributed by atoms with van der Waals surface area (Å²) in [5, 5.41) is 6.05. The highest BCUT2D eigenvalue weighted by Gasteiger charge is 2.28. The first-order chi connectivity index (χ1) is 8.88. The molecule has 3 atom stereocenters. The van der Waals surface area contributed by atoms with Crippen LogP contribution in [0.1, 0.15) is 49.1 Å². The van der Waals surface area contributed by atoms with Gasteiger partial charge in [0.1, 0.15) is 0 Å². The Morgan fingerprint density at radius 1 is 1.44 bits per heavy atom. The van der Waals surface area contributed by atoms with Gasteiger partial charge in [-0.05, 0) is 55.0 Å². The van der Waals surface area contributed by atoms with Crippen molar-refractivity contribution in [3.63, 3.8) is 0 Å². The molecule has 100 valence electrons. The Bertz CT molecular complexity index is 390. The monoisotopic (exact) mass is 265 g/mol. The topological polar surface area (TPSA) is 21.3 Å². The van der Waals surface area contributed by atoms with E-state index in [0.717, 1.165) is 25.5 Å². The number of hydrogen-bond acceptors (Lipinski definition) is 3. The zero-order chi connectivity index (χ0) is 12.4. The van der Waals surface area contributed by atoms with E-state index >= 15 is 0 Å². The number of fused-ring (bicyclic) bond motifs is 1. The van der Waals surface area contributed by atoms with Crippen LogP contribution in [0, 0.1) is 5.92 Å². The molecule has 1 N–H and O–H groups in total. The van der Waals surface area contributed by atoms with Crippen LogP contribution in [0.2, 0.25) is 0 Å². The molecule has 0 saturated carbocycles. The van der Waals surface area contributed by atoms with Gasteiger partial charge in [0.2, 0.25) is 0 Å². The molecular formula is C15H23NOS. The molecule has 2 nitrogen and oxygen atoms in total. The van der Waals surface area contributed by atoms with E-state index in [1.807, 2.05) is 11.3 Å². The molecule has 1 aromatic rings. The highest BCUT2D eigenvalue weighted by atomic mass is 32.1. The Morgan fingerprint density at radius 2 is 2.39 bits per heavy atom. The van der Waals surface area contributed by atoms with E-state index in [0.29, 0.717) is 12.1 Å². The van der Waals surface area contributed by atoms with E-state index in [1.54, 1.807) is 10.4 Å². The average Bonchev–Trinajstić information content (AvgIpc) is 3.04. The quantitative estimate of drug-likeness (QED) is 0.899. The first-order valence-corrected chi connectivity index (χ1v) is 8.17. The number of rotatable bonds is 4. The highest BCUT2D eigenvalue weighted by Crippen LogP contribution is 2.33. The molecule has 0 spiro atoms. The van der Waals surface area contributed by atoms with Crippen LogP contribution >= 0.6 is 11.3 Å². The normalized spacial score (nSPS) is 31.5. The smallest absolute Gasteiger partial charge is 0.0613 e. The van der Waals surface area contributed by atoms with Crippen LogP contribution in [0.3, 0.4) is 0 Å². The Morgan fingerprint density at radius 3 is 3.28 bits per heavy atom. The van der Waals surface area contributed by atoms with Crippen LogP contribution in [-0.2, 0) is 11.2 Å². The molecule has 1 saturated heterocycles. The molecule has 0 amide bonds. The molecule has 1 aromatic heterocycles. The van der Waals surface area contributed by atoms with Gasteiger partial charge >= 0.3 is 0 Å². The average molecular weight is 265 g/mol. The molecule has 2 aliphatic rings. The number of ether oxygens (including phenoxy) is 1. The zero-order valence-electron chi connectivity index (χ0n) is 11.2. The second-order valence-corrected chi connectivity index (χ2v) is 6.52. The van der Waals surface area contributed by atoms with Crippen LogP contribution in [0.5, 0.6) is 0 Å². The molecule has 1 aliphatic carbocycles. The predicted octanol–water partition coefficient (Wildman–Crippen LogP) is 3.53. The maximum absolute atomic E-state index is 5.77.